The third-order valence-electron chi connectivity index (χ3n) is 3.37. The molecule has 0 aliphatic carbocycles. The first-order valence-corrected chi connectivity index (χ1v) is 9.26. The van der Waals surface area contributed by atoms with E-state index >= 15 is 0 Å². The summed E-state index contributed by atoms with van der Waals surface area (Å²) >= 11 is 3.46. The van der Waals surface area contributed by atoms with Crippen LogP contribution in [-0.2, 0) is 6.54 Å². The summed E-state index contributed by atoms with van der Waals surface area (Å²) < 4.78 is 0. The van der Waals surface area contributed by atoms with Crippen molar-refractivity contribution >= 4 is 53.0 Å². The zero-order chi connectivity index (χ0) is 15.3. The molecule has 2 heterocycles. The van der Waals surface area contributed by atoms with E-state index in [1.54, 1.807) is 23.1 Å². The quantitative estimate of drug-likeness (QED) is 0.405. The van der Waals surface area contributed by atoms with E-state index in [9.17, 15) is 5.11 Å². The number of halogens is 1. The molecule has 1 unspecified atom stereocenters. The molecule has 126 valence electrons. The molecular weight excluding hydrogens is 431 g/mol. The van der Waals surface area contributed by atoms with Crippen LogP contribution >= 0.6 is 47.1 Å². The van der Waals surface area contributed by atoms with E-state index < -0.39 is 5.60 Å². The van der Waals surface area contributed by atoms with Crippen LogP contribution < -0.4 is 5.32 Å². The summed E-state index contributed by atoms with van der Waals surface area (Å²) in [5, 5.41) is 16.8. The predicted molar refractivity (Wildman–Crippen MR) is 107 cm³/mol. The van der Waals surface area contributed by atoms with Gasteiger partial charge in [-0.15, -0.1) is 35.3 Å². The Labute approximate surface area is 158 Å². The van der Waals surface area contributed by atoms with Crippen LogP contribution in [0.15, 0.2) is 10.4 Å². The molecule has 0 saturated carbocycles. The Morgan fingerprint density at radius 1 is 1.59 bits per heavy atom. The number of hydrogen-bond acceptors (Lipinski definition) is 5. The van der Waals surface area contributed by atoms with E-state index in [4.69, 9.17) is 0 Å². The fourth-order valence-electron chi connectivity index (χ4n) is 2.21. The molecular formula is C14H25IN4OS2. The van der Waals surface area contributed by atoms with Crippen LogP contribution in [0.1, 0.15) is 24.0 Å². The average molecular weight is 456 g/mol. The topological polar surface area (TPSA) is 60.8 Å². The van der Waals surface area contributed by atoms with Crippen molar-refractivity contribution in [1.29, 1.82) is 0 Å². The summed E-state index contributed by atoms with van der Waals surface area (Å²) in [7, 11) is 2.00. The maximum absolute atomic E-state index is 10.4. The van der Waals surface area contributed by atoms with Gasteiger partial charge in [0.05, 0.1) is 29.4 Å². The van der Waals surface area contributed by atoms with Crippen molar-refractivity contribution in [3.8, 4) is 0 Å². The van der Waals surface area contributed by atoms with Gasteiger partial charge in [0.1, 0.15) is 0 Å². The monoisotopic (exact) mass is 456 g/mol. The number of guanidine groups is 1. The Kier molecular flexibility index (Phi) is 8.44. The highest BCUT2D eigenvalue weighted by atomic mass is 127. The lowest BCUT2D eigenvalue weighted by Gasteiger charge is -2.24. The molecule has 2 N–H and O–H groups in total. The van der Waals surface area contributed by atoms with Crippen molar-refractivity contribution in [2.45, 2.75) is 32.4 Å². The van der Waals surface area contributed by atoms with Crippen LogP contribution in [0.2, 0.25) is 0 Å². The molecule has 1 aliphatic heterocycles. The first kappa shape index (κ1) is 20.0. The van der Waals surface area contributed by atoms with Gasteiger partial charge in [-0.3, -0.25) is 4.99 Å². The lowest BCUT2D eigenvalue weighted by molar-refractivity contribution is 0.0776. The Hall–Kier alpha value is -0.0600. The number of aliphatic hydroxyl groups is 1. The molecule has 1 fully saturated rings. The van der Waals surface area contributed by atoms with Crippen LogP contribution in [0.3, 0.4) is 0 Å². The third kappa shape index (κ3) is 5.86. The molecule has 1 atom stereocenters. The first-order chi connectivity index (χ1) is 10.0. The van der Waals surface area contributed by atoms with Gasteiger partial charge in [0.2, 0.25) is 0 Å². The van der Waals surface area contributed by atoms with Crippen molar-refractivity contribution in [3.05, 3.63) is 16.1 Å². The SMILES string of the molecule is CCNC(=NCC1(O)CCSC1)N(C)Cc1csc(C)n1.I. The largest absolute Gasteiger partial charge is 0.387 e. The molecule has 1 saturated heterocycles. The Morgan fingerprint density at radius 3 is 2.91 bits per heavy atom. The van der Waals surface area contributed by atoms with Gasteiger partial charge in [0.15, 0.2) is 5.96 Å². The minimum Gasteiger partial charge on any atom is -0.387 e. The second-order valence-electron chi connectivity index (χ2n) is 5.41. The fraction of sp³-hybridized carbons (Fsp3) is 0.714. The molecule has 0 aromatic carbocycles. The molecule has 22 heavy (non-hydrogen) atoms. The summed E-state index contributed by atoms with van der Waals surface area (Å²) in [6, 6.07) is 0. The van der Waals surface area contributed by atoms with Gasteiger partial charge in [-0.25, -0.2) is 4.98 Å². The van der Waals surface area contributed by atoms with Crippen LogP contribution in [0.5, 0.6) is 0 Å². The van der Waals surface area contributed by atoms with Crippen LogP contribution in [0, 0.1) is 6.92 Å². The molecule has 5 nitrogen and oxygen atoms in total. The average Bonchev–Trinajstić information content (AvgIpc) is 3.04. The highest BCUT2D eigenvalue weighted by Gasteiger charge is 2.31. The first-order valence-electron chi connectivity index (χ1n) is 7.23. The number of hydrogen-bond donors (Lipinski definition) is 2. The van der Waals surface area contributed by atoms with Crippen LogP contribution in [0.25, 0.3) is 0 Å². The minimum absolute atomic E-state index is 0. The number of aryl methyl sites for hydroxylation is 1. The van der Waals surface area contributed by atoms with Crippen molar-refractivity contribution in [2.75, 3.05) is 31.6 Å². The zero-order valence-corrected chi connectivity index (χ0v) is 17.3. The van der Waals surface area contributed by atoms with Gasteiger partial charge in [0.25, 0.3) is 0 Å². The highest BCUT2D eigenvalue weighted by molar-refractivity contribution is 14.0. The second-order valence-corrected chi connectivity index (χ2v) is 7.58. The standard InChI is InChI=1S/C14H24N4OS2.HI/c1-4-15-13(16-9-14(19)5-6-20-10-14)18(3)7-12-8-21-11(2)17-12;/h8,19H,4-7,9-10H2,1-3H3,(H,15,16);1H. The number of thiazole rings is 1. The second kappa shape index (κ2) is 9.29. The van der Waals surface area contributed by atoms with E-state index in [2.05, 4.69) is 32.5 Å². The molecule has 2 rings (SSSR count). The molecule has 1 aromatic rings. The normalized spacial score (nSPS) is 21.5. The Bertz CT molecular complexity index is 489. The van der Waals surface area contributed by atoms with Crippen molar-refractivity contribution in [2.24, 2.45) is 4.99 Å². The Balaban J connectivity index is 0.00000242. The number of nitrogens with one attached hydrogen (secondary N) is 1. The van der Waals surface area contributed by atoms with Crippen molar-refractivity contribution in [3.63, 3.8) is 0 Å². The number of thioether (sulfide) groups is 1. The summed E-state index contributed by atoms with van der Waals surface area (Å²) in [5.41, 5.74) is 0.421. The summed E-state index contributed by atoms with van der Waals surface area (Å²) in [4.78, 5) is 11.2. The van der Waals surface area contributed by atoms with Crippen LogP contribution in [-0.4, -0.2) is 58.2 Å². The van der Waals surface area contributed by atoms with E-state index in [0.29, 0.717) is 6.54 Å². The highest BCUT2D eigenvalue weighted by Crippen LogP contribution is 2.27. The third-order valence-corrected chi connectivity index (χ3v) is 5.42. The van der Waals surface area contributed by atoms with Crippen LogP contribution in [0.4, 0.5) is 0 Å². The maximum atomic E-state index is 10.4. The molecule has 1 aromatic heterocycles. The summed E-state index contributed by atoms with van der Waals surface area (Å²) in [6.07, 6.45) is 0.829. The van der Waals surface area contributed by atoms with Crippen molar-refractivity contribution < 1.29 is 5.11 Å². The lowest BCUT2D eigenvalue weighted by atomic mass is 10.1. The zero-order valence-electron chi connectivity index (χ0n) is 13.3. The van der Waals surface area contributed by atoms with Gasteiger partial charge in [-0.05, 0) is 26.0 Å². The van der Waals surface area contributed by atoms with Gasteiger partial charge < -0.3 is 15.3 Å². The van der Waals surface area contributed by atoms with Gasteiger partial charge in [-0.2, -0.15) is 11.8 Å². The number of aliphatic imine (C=N–C) groups is 1. The molecule has 1 aliphatic rings. The van der Waals surface area contributed by atoms with E-state index in [-0.39, 0.29) is 24.0 Å². The number of aromatic nitrogens is 1. The lowest BCUT2D eigenvalue weighted by Crippen LogP contribution is -2.41. The van der Waals surface area contributed by atoms with E-state index in [1.165, 1.54) is 0 Å². The molecule has 0 bridgehead atoms. The van der Waals surface area contributed by atoms with Gasteiger partial charge in [0, 0.05) is 24.7 Å². The maximum Gasteiger partial charge on any atom is 0.194 e. The van der Waals surface area contributed by atoms with Gasteiger partial charge >= 0.3 is 0 Å². The van der Waals surface area contributed by atoms with Crippen molar-refractivity contribution in [1.82, 2.24) is 15.2 Å². The summed E-state index contributed by atoms with van der Waals surface area (Å²) in [6.45, 7) is 6.07. The van der Waals surface area contributed by atoms with Gasteiger partial charge in [-0.1, -0.05) is 0 Å². The molecule has 8 heteroatoms. The molecule has 0 amide bonds. The number of nitrogens with zero attached hydrogens (tertiary/aromatic N) is 3. The smallest absolute Gasteiger partial charge is 0.194 e. The summed E-state index contributed by atoms with van der Waals surface area (Å²) in [5.74, 6) is 2.63. The molecule has 0 spiro atoms. The van der Waals surface area contributed by atoms with E-state index in [0.717, 1.165) is 47.7 Å². The fourth-order valence-corrected chi connectivity index (χ4v) is 4.10. The Morgan fingerprint density at radius 2 is 2.36 bits per heavy atom. The minimum atomic E-state index is -0.636. The number of rotatable bonds is 5. The predicted octanol–water partition coefficient (Wildman–Crippen LogP) is 2.33. The molecule has 0 radical (unpaired) electrons. The van der Waals surface area contributed by atoms with E-state index in [1.807, 2.05) is 14.0 Å².